The summed E-state index contributed by atoms with van der Waals surface area (Å²) < 4.78 is 27.2. The van der Waals surface area contributed by atoms with Crippen molar-refractivity contribution < 1.29 is 18.0 Å². The molecule has 0 saturated heterocycles. The number of sulfonamides is 1. The number of rotatable bonds is 10. The van der Waals surface area contributed by atoms with Crippen LogP contribution in [0.2, 0.25) is 10.0 Å². The van der Waals surface area contributed by atoms with E-state index in [2.05, 4.69) is 17.4 Å². The summed E-state index contributed by atoms with van der Waals surface area (Å²) in [7, 11) is -3.81. The Morgan fingerprint density at radius 3 is 2.00 bits per heavy atom. The van der Waals surface area contributed by atoms with Crippen molar-refractivity contribution in [2.24, 2.45) is 17.8 Å². The lowest BCUT2D eigenvalue weighted by Gasteiger charge is -2.57. The molecule has 10 heteroatoms. The molecule has 0 spiro atoms. The molecule has 7 nitrogen and oxygen atoms in total. The predicted molar refractivity (Wildman–Crippen MR) is 168 cm³/mol. The number of anilines is 1. The summed E-state index contributed by atoms with van der Waals surface area (Å²) in [5.41, 5.74) is 2.58. The van der Waals surface area contributed by atoms with Crippen LogP contribution in [0.1, 0.15) is 70.4 Å². The summed E-state index contributed by atoms with van der Waals surface area (Å²) >= 11 is 12.3. The standard InChI is InChI=1S/C32H41Cl2N3O4S/c1-20(2)35-31(39)21(3)36(18-22-5-10-28(33)29(34)14-22)30(38)19-37(42(4,40)41)27-8-6-26(7-9-27)32-15-23-11-24(16-32)13-25(12-23)17-32/h5-10,14,20-21,23-25H,11-13,15-19H2,1-4H3,(H,35,39)/t21-,23?,24?,25?,32?/m0/s1. The van der Waals surface area contributed by atoms with E-state index in [0.29, 0.717) is 21.3 Å². The summed E-state index contributed by atoms with van der Waals surface area (Å²) in [6.07, 6.45) is 8.81. The maximum Gasteiger partial charge on any atom is 0.244 e. The first-order chi connectivity index (χ1) is 19.7. The van der Waals surface area contributed by atoms with Crippen LogP contribution in [0.5, 0.6) is 0 Å². The van der Waals surface area contributed by atoms with Crippen LogP contribution >= 0.6 is 23.2 Å². The Morgan fingerprint density at radius 2 is 1.50 bits per heavy atom. The van der Waals surface area contributed by atoms with Gasteiger partial charge in [0.05, 0.1) is 22.0 Å². The maximum atomic E-state index is 13.8. The molecule has 4 bridgehead atoms. The lowest BCUT2D eigenvalue weighted by atomic mass is 9.48. The van der Waals surface area contributed by atoms with Gasteiger partial charge in [-0.1, -0.05) is 41.4 Å². The highest BCUT2D eigenvalue weighted by molar-refractivity contribution is 7.92. The maximum absolute atomic E-state index is 13.8. The molecule has 0 heterocycles. The summed E-state index contributed by atoms with van der Waals surface area (Å²) in [5, 5.41) is 3.56. The Morgan fingerprint density at radius 1 is 0.929 bits per heavy atom. The van der Waals surface area contributed by atoms with Crippen molar-refractivity contribution in [3.8, 4) is 0 Å². The third kappa shape index (κ3) is 6.61. The van der Waals surface area contributed by atoms with Gasteiger partial charge in [0.2, 0.25) is 21.8 Å². The minimum Gasteiger partial charge on any atom is -0.352 e. The highest BCUT2D eigenvalue weighted by Crippen LogP contribution is 2.60. The van der Waals surface area contributed by atoms with Crippen molar-refractivity contribution in [3.63, 3.8) is 0 Å². The minimum absolute atomic E-state index is 0.0605. The smallest absolute Gasteiger partial charge is 0.244 e. The van der Waals surface area contributed by atoms with Gasteiger partial charge in [0.1, 0.15) is 12.6 Å². The number of amides is 2. The molecule has 0 aliphatic heterocycles. The predicted octanol–water partition coefficient (Wildman–Crippen LogP) is 6.17. The average molecular weight is 635 g/mol. The molecular formula is C32H41Cl2N3O4S. The number of nitrogens with zero attached hydrogens (tertiary/aromatic N) is 2. The molecule has 1 N–H and O–H groups in total. The van der Waals surface area contributed by atoms with Crippen LogP contribution in [0.4, 0.5) is 5.69 Å². The van der Waals surface area contributed by atoms with E-state index >= 15 is 0 Å². The summed E-state index contributed by atoms with van der Waals surface area (Å²) in [6.45, 7) is 4.95. The topological polar surface area (TPSA) is 86.8 Å². The lowest BCUT2D eigenvalue weighted by molar-refractivity contribution is -0.139. The molecule has 4 saturated carbocycles. The van der Waals surface area contributed by atoms with Crippen LogP contribution < -0.4 is 9.62 Å². The molecule has 228 valence electrons. The van der Waals surface area contributed by atoms with Gasteiger partial charge in [0.25, 0.3) is 0 Å². The number of carbonyl (C=O) groups is 2. The SMILES string of the molecule is CC(C)NC(=O)[C@H](C)N(Cc1ccc(Cl)c(Cl)c1)C(=O)CN(c1ccc(C23CC4CC(CC(C4)C2)C3)cc1)S(C)(=O)=O. The first kappa shape index (κ1) is 31.1. The van der Waals surface area contributed by atoms with Crippen LogP contribution in [-0.4, -0.2) is 50.0 Å². The van der Waals surface area contributed by atoms with Crippen molar-refractivity contribution in [1.29, 1.82) is 0 Å². The summed E-state index contributed by atoms with van der Waals surface area (Å²) in [4.78, 5) is 28.2. The van der Waals surface area contributed by atoms with E-state index < -0.39 is 28.5 Å². The zero-order valence-electron chi connectivity index (χ0n) is 24.8. The fourth-order valence-corrected chi connectivity index (χ4v) is 9.05. The molecule has 2 aromatic rings. The number of carbonyl (C=O) groups excluding carboxylic acids is 2. The summed E-state index contributed by atoms with van der Waals surface area (Å²) in [6, 6.07) is 11.8. The van der Waals surface area contributed by atoms with E-state index in [1.807, 2.05) is 26.0 Å². The van der Waals surface area contributed by atoms with E-state index in [1.54, 1.807) is 25.1 Å². The molecule has 42 heavy (non-hydrogen) atoms. The van der Waals surface area contributed by atoms with E-state index in [1.165, 1.54) is 49.0 Å². The Labute approximate surface area is 260 Å². The number of benzene rings is 2. The van der Waals surface area contributed by atoms with Gasteiger partial charge in [-0.3, -0.25) is 13.9 Å². The Hall–Kier alpha value is -2.29. The monoisotopic (exact) mass is 633 g/mol. The highest BCUT2D eigenvalue weighted by Gasteiger charge is 2.51. The zero-order valence-corrected chi connectivity index (χ0v) is 27.1. The second kappa shape index (κ2) is 12.0. The van der Waals surface area contributed by atoms with Crippen LogP contribution in [0.15, 0.2) is 42.5 Å². The van der Waals surface area contributed by atoms with Gasteiger partial charge in [0, 0.05) is 12.6 Å². The van der Waals surface area contributed by atoms with Crippen molar-refractivity contribution in [2.75, 3.05) is 17.1 Å². The fraction of sp³-hybridized carbons (Fsp3) is 0.562. The highest BCUT2D eigenvalue weighted by atomic mass is 35.5. The first-order valence-corrected chi connectivity index (χ1v) is 17.5. The molecule has 4 aliphatic rings. The second-order valence-electron chi connectivity index (χ2n) is 13.1. The van der Waals surface area contributed by atoms with E-state index in [0.717, 1.165) is 28.3 Å². The third-order valence-corrected chi connectivity index (χ3v) is 11.3. The summed E-state index contributed by atoms with van der Waals surface area (Å²) in [5.74, 6) is 1.58. The molecule has 2 amide bonds. The third-order valence-electron chi connectivity index (χ3n) is 9.42. The number of halogens is 2. The normalized spacial score (nSPS) is 25.4. The fourth-order valence-electron chi connectivity index (χ4n) is 7.88. The quantitative estimate of drug-likeness (QED) is 0.339. The number of hydrogen-bond acceptors (Lipinski definition) is 4. The van der Waals surface area contributed by atoms with Gasteiger partial charge in [-0.15, -0.1) is 0 Å². The molecule has 1 atom stereocenters. The largest absolute Gasteiger partial charge is 0.352 e. The Balaban J connectivity index is 1.39. The van der Waals surface area contributed by atoms with Gasteiger partial charge < -0.3 is 10.2 Å². The van der Waals surface area contributed by atoms with Gasteiger partial charge in [0.15, 0.2) is 0 Å². The molecule has 2 aromatic carbocycles. The Kier molecular flexibility index (Phi) is 8.90. The number of hydrogen-bond donors (Lipinski definition) is 1. The molecule has 0 radical (unpaired) electrons. The second-order valence-corrected chi connectivity index (χ2v) is 15.8. The van der Waals surface area contributed by atoms with Gasteiger partial charge in [-0.2, -0.15) is 0 Å². The first-order valence-electron chi connectivity index (χ1n) is 14.9. The number of nitrogens with one attached hydrogen (secondary N) is 1. The van der Waals surface area contributed by atoms with Gasteiger partial charge >= 0.3 is 0 Å². The van der Waals surface area contributed by atoms with Gasteiger partial charge in [-0.25, -0.2) is 8.42 Å². The van der Waals surface area contributed by atoms with Crippen LogP contribution in [-0.2, 0) is 31.6 Å². The van der Waals surface area contributed by atoms with Crippen molar-refractivity contribution in [1.82, 2.24) is 10.2 Å². The molecular weight excluding hydrogens is 593 g/mol. The lowest BCUT2D eigenvalue weighted by Crippen LogP contribution is -2.52. The van der Waals surface area contributed by atoms with E-state index in [-0.39, 0.29) is 23.9 Å². The van der Waals surface area contributed by atoms with Crippen molar-refractivity contribution in [3.05, 3.63) is 63.6 Å². The molecule has 0 aromatic heterocycles. The minimum atomic E-state index is -3.81. The molecule has 0 unspecified atom stereocenters. The molecule has 6 rings (SSSR count). The van der Waals surface area contributed by atoms with Crippen molar-refractivity contribution >= 4 is 50.7 Å². The van der Waals surface area contributed by atoms with Crippen LogP contribution in [0.25, 0.3) is 0 Å². The average Bonchev–Trinajstić information content (AvgIpc) is 2.90. The van der Waals surface area contributed by atoms with Crippen molar-refractivity contribution in [2.45, 2.75) is 83.3 Å². The van der Waals surface area contributed by atoms with Crippen LogP contribution in [0.3, 0.4) is 0 Å². The van der Waals surface area contributed by atoms with E-state index in [4.69, 9.17) is 23.2 Å². The zero-order chi connectivity index (χ0) is 30.4. The van der Waals surface area contributed by atoms with Crippen LogP contribution in [0, 0.1) is 17.8 Å². The molecule has 4 aliphatic carbocycles. The van der Waals surface area contributed by atoms with Gasteiger partial charge in [-0.05, 0) is 118 Å². The Bertz CT molecular complexity index is 1410. The molecule has 4 fully saturated rings. The van der Waals surface area contributed by atoms with E-state index in [9.17, 15) is 18.0 Å².